The number of nitrogens with one attached hydrogen (secondary N) is 2. The Morgan fingerprint density at radius 3 is 3.06 bits per heavy atom. The Kier molecular flexibility index (Phi) is 2.69. The third-order valence-corrected chi connectivity index (χ3v) is 2.53. The predicted molar refractivity (Wildman–Crippen MR) is 58.6 cm³/mol. The molecule has 0 saturated heterocycles. The summed E-state index contributed by atoms with van der Waals surface area (Å²) in [6, 6.07) is 1.41. The van der Waals surface area contributed by atoms with Crippen LogP contribution in [0.5, 0.6) is 0 Å². The fourth-order valence-electron chi connectivity index (χ4n) is 1.43. The Hall–Kier alpha value is -1.76. The second-order valence-electron chi connectivity index (χ2n) is 3.15. The van der Waals surface area contributed by atoms with Crippen molar-refractivity contribution in [3.8, 4) is 0 Å². The normalized spacial score (nSPS) is 10.6. The van der Waals surface area contributed by atoms with Crippen LogP contribution in [-0.2, 0) is 10.5 Å². The molecule has 2 aromatic heterocycles. The number of thiol groups is 1. The molecule has 0 aliphatic heterocycles. The molecule has 0 unspecified atom stereocenters. The van der Waals surface area contributed by atoms with Crippen molar-refractivity contribution in [2.45, 2.75) is 5.75 Å². The van der Waals surface area contributed by atoms with Gasteiger partial charge >= 0.3 is 17.2 Å². The highest BCUT2D eigenvalue weighted by Crippen LogP contribution is 2.05. The smallest absolute Gasteiger partial charge is 0.361 e. The van der Waals surface area contributed by atoms with Crippen LogP contribution < -0.4 is 10.5 Å². The lowest BCUT2D eigenvalue weighted by Gasteiger charge is -1.93. The van der Waals surface area contributed by atoms with E-state index in [2.05, 4.69) is 27.4 Å². The number of ether oxygens (including phenoxy) is 1. The number of hydrogen-bond acceptors (Lipinski definition) is 4. The minimum absolute atomic E-state index is 0.257. The van der Waals surface area contributed by atoms with Gasteiger partial charge in [-0.1, -0.05) is 4.52 Å². The van der Waals surface area contributed by atoms with E-state index in [1.807, 2.05) is 0 Å². The first-order valence-electron chi connectivity index (χ1n) is 4.52. The molecule has 0 atom stereocenters. The quantitative estimate of drug-likeness (QED) is 0.557. The number of hydrogen-bond donors (Lipinski definition) is 2. The van der Waals surface area contributed by atoms with Gasteiger partial charge in [0.2, 0.25) is 0 Å². The molecule has 0 spiro atoms. The zero-order valence-electron chi connectivity index (χ0n) is 8.48. The molecular formula is C9H10N3O3S+. The van der Waals surface area contributed by atoms with E-state index in [9.17, 15) is 9.59 Å². The summed E-state index contributed by atoms with van der Waals surface area (Å²) >= 11 is 4.07. The number of fused-ring (bicyclic) bond motifs is 1. The van der Waals surface area contributed by atoms with Crippen molar-refractivity contribution in [3.05, 3.63) is 33.9 Å². The summed E-state index contributed by atoms with van der Waals surface area (Å²) in [5, 5.41) is 2.67. The maximum Gasteiger partial charge on any atom is 0.361 e. The van der Waals surface area contributed by atoms with Crippen LogP contribution in [0.1, 0.15) is 16.1 Å². The van der Waals surface area contributed by atoms with Crippen LogP contribution >= 0.6 is 12.6 Å². The lowest BCUT2D eigenvalue weighted by Crippen LogP contribution is -2.25. The number of aromatic nitrogens is 3. The molecule has 84 valence electrons. The Bertz CT molecular complexity index is 602. The number of nitrogens with zero attached hydrogens (tertiary/aromatic N) is 1. The van der Waals surface area contributed by atoms with Gasteiger partial charge in [-0.15, -0.1) is 0 Å². The molecule has 6 nitrogen and oxygen atoms in total. The molecule has 7 heteroatoms. The van der Waals surface area contributed by atoms with Gasteiger partial charge in [0.15, 0.2) is 5.56 Å². The maximum absolute atomic E-state index is 11.6. The minimum Gasteiger partial charge on any atom is -0.465 e. The first kappa shape index (κ1) is 10.7. The minimum atomic E-state index is -0.509. The summed E-state index contributed by atoms with van der Waals surface area (Å²) in [6.07, 6.45) is 1.42. The third kappa shape index (κ3) is 1.58. The summed E-state index contributed by atoms with van der Waals surface area (Å²) in [7, 11) is 1.28. The number of carbonyl (C=O) groups excluding carboxylic acids is 1. The van der Waals surface area contributed by atoms with E-state index in [4.69, 9.17) is 0 Å². The molecule has 16 heavy (non-hydrogen) atoms. The number of esters is 1. The molecular weight excluding hydrogens is 230 g/mol. The Balaban J connectivity index is 2.75. The number of rotatable bonds is 2. The van der Waals surface area contributed by atoms with Gasteiger partial charge in [-0.3, -0.25) is 0 Å². The van der Waals surface area contributed by atoms with E-state index in [0.717, 1.165) is 0 Å². The van der Waals surface area contributed by atoms with Crippen LogP contribution in [0.15, 0.2) is 17.1 Å². The highest BCUT2D eigenvalue weighted by Gasteiger charge is 2.21. The Labute approximate surface area is 95.6 Å². The fraction of sp³-hybridized carbons (Fsp3) is 0.222. The number of methoxy groups -OCH3 is 1. The molecule has 2 rings (SSSR count). The Morgan fingerprint density at radius 2 is 2.44 bits per heavy atom. The molecule has 0 saturated carbocycles. The lowest BCUT2D eigenvalue weighted by molar-refractivity contribution is -0.361. The van der Waals surface area contributed by atoms with Crippen LogP contribution in [0.4, 0.5) is 0 Å². The van der Waals surface area contributed by atoms with E-state index in [-0.39, 0.29) is 11.1 Å². The average molecular weight is 240 g/mol. The van der Waals surface area contributed by atoms with Gasteiger partial charge in [-0.25, -0.2) is 19.7 Å². The molecule has 0 aliphatic carbocycles. The van der Waals surface area contributed by atoms with Crippen LogP contribution in [0.3, 0.4) is 0 Å². The summed E-state index contributed by atoms with van der Waals surface area (Å²) < 4.78 is 5.84. The van der Waals surface area contributed by atoms with Gasteiger partial charge in [0.05, 0.1) is 25.1 Å². The second-order valence-corrected chi connectivity index (χ2v) is 3.47. The first-order chi connectivity index (χ1) is 7.67. The van der Waals surface area contributed by atoms with Gasteiger partial charge in [0, 0.05) is 0 Å². The molecule has 0 aromatic carbocycles. The van der Waals surface area contributed by atoms with E-state index in [0.29, 0.717) is 17.1 Å². The molecule has 0 amide bonds. The van der Waals surface area contributed by atoms with Crippen LogP contribution in [0.2, 0.25) is 0 Å². The van der Waals surface area contributed by atoms with E-state index < -0.39 is 5.97 Å². The first-order valence-corrected chi connectivity index (χ1v) is 5.15. The fourth-order valence-corrected chi connectivity index (χ4v) is 1.60. The molecule has 0 radical (unpaired) electrons. The van der Waals surface area contributed by atoms with E-state index in [1.165, 1.54) is 23.9 Å². The van der Waals surface area contributed by atoms with Crippen LogP contribution in [0.25, 0.3) is 5.65 Å². The monoisotopic (exact) mass is 240 g/mol. The number of carbonyl (C=O) groups is 1. The summed E-state index contributed by atoms with van der Waals surface area (Å²) in [5.74, 6) is -0.122. The standard InChI is InChI=1S/C9H9N3O3S/c1-15-9(14)6-3-10-12-7(13)2-5(4-16)11-8(6)12/h2-3,10,16H,4H2,1H3/p+1. The van der Waals surface area contributed by atoms with Crippen molar-refractivity contribution in [1.29, 1.82) is 0 Å². The summed E-state index contributed by atoms with van der Waals surface area (Å²) in [6.45, 7) is 0. The zero-order chi connectivity index (χ0) is 11.7. The van der Waals surface area contributed by atoms with Gasteiger partial charge in [-0.05, 0) is 0 Å². The summed E-state index contributed by atoms with van der Waals surface area (Å²) in [5.41, 5.74) is 1.04. The van der Waals surface area contributed by atoms with Crippen molar-refractivity contribution in [3.63, 3.8) is 0 Å². The number of aromatic amines is 2. The molecule has 0 fully saturated rings. The van der Waals surface area contributed by atoms with Crippen molar-refractivity contribution in [2.24, 2.45) is 0 Å². The SMILES string of the molecule is COC(=O)c1c[nH]n2c(=O)cc(CS)[nH+]c12. The molecule has 0 bridgehead atoms. The highest BCUT2D eigenvalue weighted by molar-refractivity contribution is 7.79. The molecule has 2 aromatic rings. The third-order valence-electron chi connectivity index (χ3n) is 2.19. The Morgan fingerprint density at radius 1 is 1.69 bits per heavy atom. The van der Waals surface area contributed by atoms with Gasteiger partial charge in [0.1, 0.15) is 5.69 Å². The van der Waals surface area contributed by atoms with Crippen molar-refractivity contribution >= 4 is 24.2 Å². The largest absolute Gasteiger partial charge is 0.465 e. The highest BCUT2D eigenvalue weighted by atomic mass is 32.1. The lowest BCUT2D eigenvalue weighted by atomic mass is 10.3. The van der Waals surface area contributed by atoms with Crippen molar-refractivity contribution in [2.75, 3.05) is 7.11 Å². The van der Waals surface area contributed by atoms with Crippen LogP contribution in [-0.4, -0.2) is 22.7 Å². The topological polar surface area (TPSA) is 77.7 Å². The van der Waals surface area contributed by atoms with Gasteiger partial charge < -0.3 is 4.74 Å². The molecule has 0 aliphatic rings. The molecule has 2 N–H and O–H groups in total. The van der Waals surface area contributed by atoms with Gasteiger partial charge in [0.25, 0.3) is 0 Å². The van der Waals surface area contributed by atoms with Crippen molar-refractivity contribution in [1.82, 2.24) is 9.61 Å². The second kappa shape index (κ2) is 4.01. The summed E-state index contributed by atoms with van der Waals surface area (Å²) in [4.78, 5) is 25.9. The molecule has 2 heterocycles. The number of H-pyrrole nitrogens is 2. The van der Waals surface area contributed by atoms with Crippen molar-refractivity contribution < 1.29 is 14.5 Å². The predicted octanol–water partition coefficient (Wildman–Crippen LogP) is -0.342. The van der Waals surface area contributed by atoms with Gasteiger partial charge in [-0.2, -0.15) is 12.6 Å². The maximum atomic E-state index is 11.6. The van der Waals surface area contributed by atoms with Crippen LogP contribution in [0, 0.1) is 0 Å². The average Bonchev–Trinajstić information content (AvgIpc) is 2.72. The van der Waals surface area contributed by atoms with E-state index >= 15 is 0 Å². The zero-order valence-corrected chi connectivity index (χ0v) is 9.38. The van der Waals surface area contributed by atoms with E-state index in [1.54, 1.807) is 0 Å².